The summed E-state index contributed by atoms with van der Waals surface area (Å²) in [5, 5.41) is 12.1. The third kappa shape index (κ3) is 4.33. The van der Waals surface area contributed by atoms with Crippen molar-refractivity contribution < 1.29 is 14.6 Å². The van der Waals surface area contributed by atoms with Gasteiger partial charge in [-0.05, 0) is 31.9 Å². The molecule has 1 aromatic heterocycles. The molecule has 0 radical (unpaired) electrons. The number of nitrogens with one attached hydrogen (secondary N) is 1. The topological polar surface area (TPSA) is 71.5 Å². The summed E-state index contributed by atoms with van der Waals surface area (Å²) in [6.45, 7) is 4.65. The number of nitrogens with zero attached hydrogens (tertiary/aromatic N) is 1. The Hall–Kier alpha value is -1.62. The molecular formula is C13H20N2O3. The van der Waals surface area contributed by atoms with Gasteiger partial charge < -0.3 is 15.2 Å². The molecule has 1 atom stereocenters. The first-order chi connectivity index (χ1) is 8.69. The minimum Gasteiger partial charge on any atom is -0.477 e. The maximum absolute atomic E-state index is 11.9. The lowest BCUT2D eigenvalue weighted by Gasteiger charge is -2.11. The summed E-state index contributed by atoms with van der Waals surface area (Å²) < 4.78 is 5.29. The summed E-state index contributed by atoms with van der Waals surface area (Å²) in [4.78, 5) is 15.9. The molecule has 0 aromatic carbocycles. The van der Waals surface area contributed by atoms with Crippen LogP contribution >= 0.6 is 0 Å². The Morgan fingerprint density at radius 1 is 1.56 bits per heavy atom. The van der Waals surface area contributed by atoms with Crippen LogP contribution in [0.4, 0.5) is 0 Å². The number of ether oxygens (including phenoxy) is 1. The average molecular weight is 252 g/mol. The van der Waals surface area contributed by atoms with E-state index >= 15 is 0 Å². The molecule has 0 spiro atoms. The highest BCUT2D eigenvalue weighted by molar-refractivity contribution is 5.96. The lowest BCUT2D eigenvalue weighted by molar-refractivity contribution is 0.0937. The molecule has 1 amide bonds. The van der Waals surface area contributed by atoms with Gasteiger partial charge in [0.2, 0.25) is 5.88 Å². The molecule has 0 saturated heterocycles. The predicted molar refractivity (Wildman–Crippen MR) is 68.7 cm³/mol. The zero-order valence-electron chi connectivity index (χ0n) is 10.8. The molecule has 0 saturated carbocycles. The van der Waals surface area contributed by atoms with Crippen LogP contribution in [0.15, 0.2) is 18.3 Å². The Morgan fingerprint density at radius 3 is 3.00 bits per heavy atom. The highest BCUT2D eigenvalue weighted by Gasteiger charge is 2.12. The van der Waals surface area contributed by atoms with Gasteiger partial charge >= 0.3 is 0 Å². The van der Waals surface area contributed by atoms with Gasteiger partial charge in [-0.25, -0.2) is 4.98 Å². The zero-order chi connectivity index (χ0) is 13.4. The van der Waals surface area contributed by atoms with Crippen LogP contribution in [0, 0.1) is 0 Å². The molecule has 0 aliphatic carbocycles. The molecule has 0 fully saturated rings. The fraction of sp³-hybridized carbons (Fsp3) is 0.538. The number of aromatic nitrogens is 1. The van der Waals surface area contributed by atoms with E-state index in [1.807, 2.05) is 13.8 Å². The van der Waals surface area contributed by atoms with Crippen LogP contribution in [0.3, 0.4) is 0 Å². The third-order valence-corrected chi connectivity index (χ3v) is 2.53. The maximum atomic E-state index is 11.9. The smallest absolute Gasteiger partial charge is 0.256 e. The van der Waals surface area contributed by atoms with E-state index in [1.54, 1.807) is 18.3 Å². The van der Waals surface area contributed by atoms with Gasteiger partial charge in [0.05, 0.1) is 12.7 Å². The van der Waals surface area contributed by atoms with Crippen molar-refractivity contribution >= 4 is 5.91 Å². The Bertz CT molecular complexity index is 382. The molecule has 1 aromatic rings. The summed E-state index contributed by atoms with van der Waals surface area (Å²) in [6.07, 6.45) is 2.45. The summed E-state index contributed by atoms with van der Waals surface area (Å²) in [7, 11) is 0. The van der Waals surface area contributed by atoms with Crippen molar-refractivity contribution in [3.8, 4) is 5.88 Å². The summed E-state index contributed by atoms with van der Waals surface area (Å²) in [5.41, 5.74) is 0.422. The highest BCUT2D eigenvalue weighted by atomic mass is 16.5. The Kier molecular flexibility index (Phi) is 6.14. The first kappa shape index (κ1) is 14.4. The van der Waals surface area contributed by atoms with Gasteiger partial charge in [0.15, 0.2) is 0 Å². The van der Waals surface area contributed by atoms with Gasteiger partial charge in [-0.1, -0.05) is 6.92 Å². The minimum absolute atomic E-state index is 0.227. The van der Waals surface area contributed by atoms with Crippen molar-refractivity contribution in [3.05, 3.63) is 23.9 Å². The number of rotatable bonds is 7. The number of amides is 1. The standard InChI is InChI=1S/C13H20N2O3/c1-3-10(16)7-9-14-12(17)11-6-5-8-15-13(11)18-4-2/h5-6,8,10,16H,3-4,7,9H2,1-2H3,(H,14,17). The Balaban J connectivity index is 2.55. The minimum atomic E-state index is -0.370. The number of aliphatic hydroxyl groups excluding tert-OH is 1. The van der Waals surface area contributed by atoms with Gasteiger partial charge in [0, 0.05) is 12.7 Å². The number of carbonyl (C=O) groups is 1. The number of hydrogen-bond acceptors (Lipinski definition) is 4. The van der Waals surface area contributed by atoms with E-state index in [2.05, 4.69) is 10.3 Å². The van der Waals surface area contributed by atoms with Gasteiger partial charge in [-0.2, -0.15) is 0 Å². The van der Waals surface area contributed by atoms with Gasteiger partial charge in [-0.3, -0.25) is 4.79 Å². The largest absolute Gasteiger partial charge is 0.477 e. The first-order valence-corrected chi connectivity index (χ1v) is 6.23. The third-order valence-electron chi connectivity index (χ3n) is 2.53. The number of pyridine rings is 1. The second-order valence-electron chi connectivity index (χ2n) is 3.90. The van der Waals surface area contributed by atoms with E-state index in [9.17, 15) is 9.90 Å². The molecule has 1 rings (SSSR count). The lowest BCUT2D eigenvalue weighted by atomic mass is 10.2. The Morgan fingerprint density at radius 2 is 2.33 bits per heavy atom. The number of hydrogen-bond donors (Lipinski definition) is 2. The molecule has 0 bridgehead atoms. The van der Waals surface area contributed by atoms with Crippen LogP contribution in [0.1, 0.15) is 37.0 Å². The molecule has 1 unspecified atom stereocenters. The van der Waals surface area contributed by atoms with Crippen LogP contribution in [0.5, 0.6) is 5.88 Å². The molecule has 2 N–H and O–H groups in total. The van der Waals surface area contributed by atoms with E-state index in [0.29, 0.717) is 37.4 Å². The van der Waals surface area contributed by atoms with Gasteiger partial charge in [-0.15, -0.1) is 0 Å². The van der Waals surface area contributed by atoms with Crippen LogP contribution in [-0.2, 0) is 0 Å². The lowest BCUT2D eigenvalue weighted by Crippen LogP contribution is -2.27. The fourth-order valence-electron chi connectivity index (χ4n) is 1.47. The fourth-order valence-corrected chi connectivity index (χ4v) is 1.47. The second-order valence-corrected chi connectivity index (χ2v) is 3.90. The van der Waals surface area contributed by atoms with Crippen molar-refractivity contribution in [2.75, 3.05) is 13.2 Å². The van der Waals surface area contributed by atoms with Crippen LogP contribution in [-0.4, -0.2) is 35.3 Å². The second kappa shape index (κ2) is 7.66. The molecule has 5 nitrogen and oxygen atoms in total. The summed E-state index contributed by atoms with van der Waals surface area (Å²) in [6, 6.07) is 3.36. The molecular weight excluding hydrogens is 232 g/mol. The maximum Gasteiger partial charge on any atom is 0.256 e. The quantitative estimate of drug-likeness (QED) is 0.769. The Labute approximate surface area is 107 Å². The summed E-state index contributed by atoms with van der Waals surface area (Å²) >= 11 is 0. The number of aliphatic hydroxyl groups is 1. The summed E-state index contributed by atoms with van der Waals surface area (Å²) in [5.74, 6) is 0.114. The molecule has 1 heterocycles. The SMILES string of the molecule is CCOc1ncccc1C(=O)NCCC(O)CC. The molecule has 100 valence electrons. The van der Waals surface area contributed by atoms with Crippen LogP contribution in [0.2, 0.25) is 0 Å². The molecule has 5 heteroatoms. The molecule has 0 aliphatic heterocycles. The van der Waals surface area contributed by atoms with Crippen LogP contribution < -0.4 is 10.1 Å². The van der Waals surface area contributed by atoms with E-state index in [-0.39, 0.29) is 12.0 Å². The number of carbonyl (C=O) groups excluding carboxylic acids is 1. The van der Waals surface area contributed by atoms with Crippen molar-refractivity contribution in [2.45, 2.75) is 32.8 Å². The predicted octanol–water partition coefficient (Wildman–Crippen LogP) is 1.37. The highest BCUT2D eigenvalue weighted by Crippen LogP contribution is 2.13. The van der Waals surface area contributed by atoms with Crippen molar-refractivity contribution in [1.82, 2.24) is 10.3 Å². The normalized spacial score (nSPS) is 11.9. The molecule has 0 aliphatic rings. The van der Waals surface area contributed by atoms with E-state index < -0.39 is 0 Å². The van der Waals surface area contributed by atoms with Crippen molar-refractivity contribution in [2.24, 2.45) is 0 Å². The van der Waals surface area contributed by atoms with Crippen molar-refractivity contribution in [3.63, 3.8) is 0 Å². The van der Waals surface area contributed by atoms with E-state index in [1.165, 1.54) is 0 Å². The first-order valence-electron chi connectivity index (χ1n) is 6.23. The average Bonchev–Trinajstić information content (AvgIpc) is 2.39. The van der Waals surface area contributed by atoms with Gasteiger partial charge in [0.1, 0.15) is 5.56 Å². The van der Waals surface area contributed by atoms with E-state index in [4.69, 9.17) is 4.74 Å². The molecule has 18 heavy (non-hydrogen) atoms. The monoisotopic (exact) mass is 252 g/mol. The van der Waals surface area contributed by atoms with Gasteiger partial charge in [0.25, 0.3) is 5.91 Å². The van der Waals surface area contributed by atoms with Crippen LogP contribution in [0.25, 0.3) is 0 Å². The zero-order valence-corrected chi connectivity index (χ0v) is 10.8. The van der Waals surface area contributed by atoms with E-state index in [0.717, 1.165) is 0 Å². The van der Waals surface area contributed by atoms with Crippen molar-refractivity contribution in [1.29, 1.82) is 0 Å².